The SMILES string of the molecule is C#CC(CO)Nc1cc(C(=O)O)cc(Cl)n1. The molecule has 5 nitrogen and oxygen atoms in total. The van der Waals surface area contributed by atoms with Gasteiger partial charge in [-0.25, -0.2) is 9.78 Å². The van der Waals surface area contributed by atoms with Gasteiger partial charge in [-0.2, -0.15) is 0 Å². The van der Waals surface area contributed by atoms with E-state index in [2.05, 4.69) is 16.2 Å². The predicted molar refractivity (Wildman–Crippen MR) is 59.5 cm³/mol. The number of aromatic nitrogens is 1. The molecule has 3 N–H and O–H groups in total. The number of pyridine rings is 1. The van der Waals surface area contributed by atoms with Gasteiger partial charge in [0, 0.05) is 0 Å². The average molecular weight is 241 g/mol. The van der Waals surface area contributed by atoms with Crippen LogP contribution in [0.4, 0.5) is 5.82 Å². The molecule has 1 aromatic heterocycles. The van der Waals surface area contributed by atoms with Crippen molar-refractivity contribution in [3.63, 3.8) is 0 Å². The van der Waals surface area contributed by atoms with E-state index < -0.39 is 12.0 Å². The van der Waals surface area contributed by atoms with Crippen LogP contribution >= 0.6 is 11.6 Å². The van der Waals surface area contributed by atoms with Crippen molar-refractivity contribution in [1.29, 1.82) is 0 Å². The summed E-state index contributed by atoms with van der Waals surface area (Å²) in [6.07, 6.45) is 5.12. The van der Waals surface area contributed by atoms with Gasteiger partial charge in [-0.15, -0.1) is 6.42 Å². The Kier molecular flexibility index (Phi) is 4.11. The number of anilines is 1. The number of rotatable bonds is 4. The van der Waals surface area contributed by atoms with Crippen molar-refractivity contribution in [3.05, 3.63) is 22.8 Å². The van der Waals surface area contributed by atoms with Crippen molar-refractivity contribution in [2.45, 2.75) is 6.04 Å². The van der Waals surface area contributed by atoms with Gasteiger partial charge in [0.05, 0.1) is 12.2 Å². The molecule has 1 rings (SSSR count). The van der Waals surface area contributed by atoms with Crippen molar-refractivity contribution in [2.75, 3.05) is 11.9 Å². The first-order valence-electron chi connectivity index (χ1n) is 4.31. The van der Waals surface area contributed by atoms with Crippen molar-refractivity contribution in [2.24, 2.45) is 0 Å². The molecular weight excluding hydrogens is 232 g/mol. The van der Waals surface area contributed by atoms with Crippen LogP contribution in [0, 0.1) is 12.3 Å². The van der Waals surface area contributed by atoms with E-state index >= 15 is 0 Å². The van der Waals surface area contributed by atoms with Gasteiger partial charge in [-0.05, 0) is 12.1 Å². The summed E-state index contributed by atoms with van der Waals surface area (Å²) < 4.78 is 0. The zero-order chi connectivity index (χ0) is 12.1. The number of terminal acetylenes is 1. The van der Waals surface area contributed by atoms with E-state index in [4.69, 9.17) is 28.2 Å². The zero-order valence-electron chi connectivity index (χ0n) is 8.14. The molecular formula is C10H9ClN2O3. The lowest BCUT2D eigenvalue weighted by atomic mass is 10.2. The van der Waals surface area contributed by atoms with Gasteiger partial charge in [0.1, 0.15) is 17.0 Å². The first-order valence-corrected chi connectivity index (χ1v) is 4.69. The number of nitrogens with zero attached hydrogens (tertiary/aromatic N) is 1. The summed E-state index contributed by atoms with van der Waals surface area (Å²) in [5.74, 6) is 1.37. The molecule has 0 aromatic carbocycles. The third-order valence-electron chi connectivity index (χ3n) is 1.75. The summed E-state index contributed by atoms with van der Waals surface area (Å²) in [5, 5.41) is 20.3. The molecule has 1 heterocycles. The Balaban J connectivity index is 2.97. The third kappa shape index (κ3) is 3.12. The topological polar surface area (TPSA) is 82.5 Å². The minimum absolute atomic E-state index is 0.00351. The second-order valence-corrected chi connectivity index (χ2v) is 3.30. The summed E-state index contributed by atoms with van der Waals surface area (Å²) in [5.41, 5.74) is -0.00351. The summed E-state index contributed by atoms with van der Waals surface area (Å²) >= 11 is 5.64. The highest BCUT2D eigenvalue weighted by Crippen LogP contribution is 2.15. The van der Waals surface area contributed by atoms with Crippen LogP contribution in [0.25, 0.3) is 0 Å². The normalized spacial score (nSPS) is 11.6. The predicted octanol–water partition coefficient (Wildman–Crippen LogP) is 0.839. The summed E-state index contributed by atoms with van der Waals surface area (Å²) in [6, 6.07) is 1.88. The Morgan fingerprint density at radius 2 is 2.38 bits per heavy atom. The van der Waals surface area contributed by atoms with Crippen molar-refractivity contribution < 1.29 is 15.0 Å². The first-order chi connectivity index (χ1) is 7.56. The van der Waals surface area contributed by atoms with Gasteiger partial charge in [0.15, 0.2) is 0 Å². The highest BCUT2D eigenvalue weighted by molar-refractivity contribution is 6.29. The molecule has 84 valence electrons. The number of hydrogen-bond acceptors (Lipinski definition) is 4. The smallest absolute Gasteiger partial charge is 0.335 e. The van der Waals surface area contributed by atoms with Gasteiger partial charge in [0.25, 0.3) is 0 Å². The number of hydrogen-bond donors (Lipinski definition) is 3. The van der Waals surface area contributed by atoms with Crippen LogP contribution in [0.3, 0.4) is 0 Å². The van der Waals surface area contributed by atoms with Crippen LogP contribution in [0.15, 0.2) is 12.1 Å². The number of carbonyl (C=O) groups is 1. The molecule has 0 fully saturated rings. The number of carboxylic acid groups (broad SMARTS) is 1. The van der Waals surface area contributed by atoms with E-state index in [1.807, 2.05) is 0 Å². The molecule has 16 heavy (non-hydrogen) atoms. The number of aliphatic hydroxyl groups is 1. The van der Waals surface area contributed by atoms with E-state index in [0.717, 1.165) is 0 Å². The number of halogens is 1. The highest BCUT2D eigenvalue weighted by atomic mass is 35.5. The van der Waals surface area contributed by atoms with Crippen LogP contribution < -0.4 is 5.32 Å². The Hall–Kier alpha value is -1.77. The van der Waals surface area contributed by atoms with Gasteiger partial charge in [-0.1, -0.05) is 17.5 Å². The van der Waals surface area contributed by atoms with Crippen molar-refractivity contribution >= 4 is 23.4 Å². The van der Waals surface area contributed by atoms with E-state index in [1.165, 1.54) is 12.1 Å². The lowest BCUT2D eigenvalue weighted by Gasteiger charge is -2.11. The largest absolute Gasteiger partial charge is 0.478 e. The fourth-order valence-corrected chi connectivity index (χ4v) is 1.22. The molecule has 0 saturated carbocycles. The van der Waals surface area contributed by atoms with Gasteiger partial charge in [0.2, 0.25) is 0 Å². The maximum absolute atomic E-state index is 10.7. The first kappa shape index (κ1) is 12.3. The lowest BCUT2D eigenvalue weighted by molar-refractivity contribution is 0.0697. The van der Waals surface area contributed by atoms with Crippen LogP contribution in [0.1, 0.15) is 10.4 Å². The van der Waals surface area contributed by atoms with Crippen molar-refractivity contribution in [3.8, 4) is 12.3 Å². The monoisotopic (exact) mass is 240 g/mol. The van der Waals surface area contributed by atoms with E-state index in [1.54, 1.807) is 0 Å². The van der Waals surface area contributed by atoms with Crippen LogP contribution in [0.5, 0.6) is 0 Å². The molecule has 0 amide bonds. The molecule has 1 atom stereocenters. The fourth-order valence-electron chi connectivity index (χ4n) is 1.01. The van der Waals surface area contributed by atoms with Crippen LogP contribution in [0.2, 0.25) is 5.15 Å². The molecule has 0 saturated heterocycles. The second-order valence-electron chi connectivity index (χ2n) is 2.92. The zero-order valence-corrected chi connectivity index (χ0v) is 8.90. The summed E-state index contributed by atoms with van der Waals surface area (Å²) in [4.78, 5) is 14.6. The fraction of sp³-hybridized carbons (Fsp3) is 0.200. The minimum Gasteiger partial charge on any atom is -0.478 e. The average Bonchev–Trinajstić information content (AvgIpc) is 2.25. The number of aliphatic hydroxyl groups excluding tert-OH is 1. The van der Waals surface area contributed by atoms with Gasteiger partial charge < -0.3 is 15.5 Å². The second kappa shape index (κ2) is 5.35. The number of aromatic carboxylic acids is 1. The Labute approximate surface area is 97.1 Å². The van der Waals surface area contributed by atoms with E-state index in [9.17, 15) is 4.79 Å². The van der Waals surface area contributed by atoms with E-state index in [-0.39, 0.29) is 23.1 Å². The number of nitrogens with one attached hydrogen (secondary N) is 1. The van der Waals surface area contributed by atoms with Crippen LogP contribution in [-0.2, 0) is 0 Å². The molecule has 0 aliphatic heterocycles. The van der Waals surface area contributed by atoms with Crippen molar-refractivity contribution in [1.82, 2.24) is 4.98 Å². The molecule has 0 spiro atoms. The van der Waals surface area contributed by atoms with E-state index in [0.29, 0.717) is 0 Å². The third-order valence-corrected chi connectivity index (χ3v) is 1.94. The maximum atomic E-state index is 10.7. The standard InChI is InChI=1S/C10H9ClN2O3/c1-2-7(5-14)12-9-4-6(10(15)16)3-8(11)13-9/h1,3-4,7,14H,5H2,(H,12,13)(H,15,16). The lowest BCUT2D eigenvalue weighted by Crippen LogP contribution is -2.22. The Morgan fingerprint density at radius 3 is 2.88 bits per heavy atom. The maximum Gasteiger partial charge on any atom is 0.335 e. The highest BCUT2D eigenvalue weighted by Gasteiger charge is 2.09. The molecule has 0 aliphatic carbocycles. The van der Waals surface area contributed by atoms with Gasteiger partial charge >= 0.3 is 5.97 Å². The summed E-state index contributed by atoms with van der Waals surface area (Å²) in [6.45, 7) is -0.285. The number of carboxylic acids is 1. The molecule has 0 radical (unpaired) electrons. The van der Waals surface area contributed by atoms with Gasteiger partial charge in [-0.3, -0.25) is 0 Å². The minimum atomic E-state index is -1.12. The quantitative estimate of drug-likeness (QED) is 0.537. The Bertz CT molecular complexity index is 442. The molecule has 1 aromatic rings. The summed E-state index contributed by atoms with van der Waals surface area (Å²) in [7, 11) is 0. The molecule has 0 aliphatic rings. The Morgan fingerprint density at radius 1 is 1.69 bits per heavy atom. The van der Waals surface area contributed by atoms with Crippen LogP contribution in [-0.4, -0.2) is 33.8 Å². The molecule has 1 unspecified atom stereocenters. The molecule has 6 heteroatoms. The molecule has 0 bridgehead atoms.